The van der Waals surface area contributed by atoms with Gasteiger partial charge in [0.25, 0.3) is 0 Å². The van der Waals surface area contributed by atoms with E-state index in [0.717, 1.165) is 35.6 Å². The lowest BCUT2D eigenvalue weighted by Gasteiger charge is -2.29. The second kappa shape index (κ2) is 9.96. The first-order valence-corrected chi connectivity index (χ1v) is 13.3. The molecule has 1 N–H and O–H groups in total. The van der Waals surface area contributed by atoms with Crippen molar-refractivity contribution in [3.05, 3.63) is 41.5 Å². The molecule has 39 heavy (non-hydrogen) atoms. The third-order valence-corrected chi connectivity index (χ3v) is 7.67. The zero-order chi connectivity index (χ0) is 27.3. The van der Waals surface area contributed by atoms with E-state index in [9.17, 15) is 22.4 Å². The predicted molar refractivity (Wildman–Crippen MR) is 137 cm³/mol. The number of carbonyl (C=O) groups excluding carboxylic acids is 1. The molecule has 6 rings (SSSR count). The number of aromatic nitrogens is 3. The molecule has 2 amide bonds. The highest BCUT2D eigenvalue weighted by molar-refractivity contribution is 5.91. The van der Waals surface area contributed by atoms with Crippen LogP contribution >= 0.6 is 0 Å². The van der Waals surface area contributed by atoms with Crippen LogP contribution in [-0.2, 0) is 4.74 Å². The molecule has 12 heteroatoms. The number of nitrogens with one attached hydrogen (secondary N) is 1. The van der Waals surface area contributed by atoms with Crippen molar-refractivity contribution in [2.24, 2.45) is 5.92 Å². The maximum absolute atomic E-state index is 15.0. The summed E-state index contributed by atoms with van der Waals surface area (Å²) in [5, 5.41) is 7.37. The van der Waals surface area contributed by atoms with Crippen LogP contribution in [0.15, 0.2) is 24.3 Å². The molecule has 0 unspecified atom stereocenters. The van der Waals surface area contributed by atoms with Gasteiger partial charge in [-0.15, -0.1) is 5.10 Å². The van der Waals surface area contributed by atoms with E-state index in [-0.39, 0.29) is 25.2 Å². The molecule has 3 aromatic rings. The molecule has 208 valence electrons. The lowest BCUT2D eigenvalue weighted by atomic mass is 10.00. The van der Waals surface area contributed by atoms with Gasteiger partial charge in [-0.2, -0.15) is 17.7 Å². The first-order valence-electron chi connectivity index (χ1n) is 13.3. The van der Waals surface area contributed by atoms with Gasteiger partial charge in [-0.25, -0.2) is 14.2 Å². The van der Waals surface area contributed by atoms with Gasteiger partial charge in [0.2, 0.25) is 0 Å². The lowest BCUT2D eigenvalue weighted by molar-refractivity contribution is -0.143. The Morgan fingerprint density at radius 3 is 2.59 bits per heavy atom. The van der Waals surface area contributed by atoms with E-state index in [0.29, 0.717) is 43.4 Å². The normalized spacial score (nSPS) is 20.2. The van der Waals surface area contributed by atoms with E-state index in [1.165, 1.54) is 11.0 Å². The summed E-state index contributed by atoms with van der Waals surface area (Å²) in [5.41, 5.74) is 2.87. The van der Waals surface area contributed by atoms with E-state index in [4.69, 9.17) is 14.8 Å². The van der Waals surface area contributed by atoms with Crippen LogP contribution in [0.1, 0.15) is 43.0 Å². The summed E-state index contributed by atoms with van der Waals surface area (Å²) >= 11 is 0. The minimum Gasteiger partial charge on any atom is -0.378 e. The molecule has 8 nitrogen and oxygen atoms in total. The lowest BCUT2D eigenvalue weighted by Crippen LogP contribution is -2.37. The van der Waals surface area contributed by atoms with Gasteiger partial charge in [-0.3, -0.25) is 0 Å². The van der Waals surface area contributed by atoms with Crippen LogP contribution in [0.2, 0.25) is 0 Å². The van der Waals surface area contributed by atoms with Crippen molar-refractivity contribution in [2.45, 2.75) is 44.7 Å². The number of aryl methyl sites for hydroxylation is 1. The average molecular weight is 547 g/mol. The predicted octanol–water partition coefficient (Wildman–Crippen LogP) is 5.36. The van der Waals surface area contributed by atoms with Crippen LogP contribution < -0.4 is 10.2 Å². The number of ether oxygens (including phenoxy) is 1. The fraction of sp³-hybridized carbons (Fsp3) is 0.519. The van der Waals surface area contributed by atoms with Crippen molar-refractivity contribution in [3.8, 4) is 11.1 Å². The number of likely N-dealkylation sites (tertiary alicyclic amines) is 1. The molecule has 1 atom stereocenters. The number of hydrogen-bond donors (Lipinski definition) is 1. The van der Waals surface area contributed by atoms with Crippen molar-refractivity contribution in [1.29, 1.82) is 0 Å². The monoisotopic (exact) mass is 546 g/mol. The fourth-order valence-corrected chi connectivity index (χ4v) is 5.46. The zero-order valence-electron chi connectivity index (χ0n) is 21.6. The fourth-order valence-electron chi connectivity index (χ4n) is 5.46. The Balaban J connectivity index is 1.30. The zero-order valence-corrected chi connectivity index (χ0v) is 21.6. The largest absolute Gasteiger partial charge is 0.389 e. The molecular weight excluding hydrogens is 516 g/mol. The summed E-state index contributed by atoms with van der Waals surface area (Å²) in [4.78, 5) is 21.1. The SMILES string of the molecule is Cc1cc(F)c(NC(=O)N2CC[C@@H](CC(F)(F)F)C2)cc1-c1cc(N2CCOCC2)n2nc(C3CC3)nc2c1. The van der Waals surface area contributed by atoms with Crippen LogP contribution in [0.25, 0.3) is 16.8 Å². The minimum atomic E-state index is -4.28. The quantitative estimate of drug-likeness (QED) is 0.436. The molecule has 1 aromatic carbocycles. The van der Waals surface area contributed by atoms with E-state index >= 15 is 0 Å². The highest BCUT2D eigenvalue weighted by atomic mass is 19.4. The molecule has 2 saturated heterocycles. The van der Waals surface area contributed by atoms with Gasteiger partial charge in [0.05, 0.1) is 18.9 Å². The van der Waals surface area contributed by atoms with Crippen LogP contribution in [-0.4, -0.2) is 71.1 Å². The minimum absolute atomic E-state index is 0.0124. The van der Waals surface area contributed by atoms with Gasteiger partial charge in [0.1, 0.15) is 11.6 Å². The van der Waals surface area contributed by atoms with Crippen LogP contribution in [0.4, 0.5) is 33.9 Å². The number of pyridine rings is 1. The molecule has 0 radical (unpaired) electrons. The number of anilines is 2. The molecule has 2 aliphatic heterocycles. The van der Waals surface area contributed by atoms with E-state index in [1.807, 2.05) is 16.6 Å². The summed E-state index contributed by atoms with van der Waals surface area (Å²) < 4.78 is 60.7. The van der Waals surface area contributed by atoms with Crippen molar-refractivity contribution < 1.29 is 27.1 Å². The molecule has 4 heterocycles. The number of hydrogen-bond acceptors (Lipinski definition) is 5. The second-order valence-electron chi connectivity index (χ2n) is 10.7. The number of amides is 2. The maximum atomic E-state index is 15.0. The highest BCUT2D eigenvalue weighted by Crippen LogP contribution is 2.39. The summed E-state index contributed by atoms with van der Waals surface area (Å²) in [5.74, 6) is 0.806. The molecule has 1 saturated carbocycles. The van der Waals surface area contributed by atoms with E-state index < -0.39 is 30.4 Å². The third kappa shape index (κ3) is 5.52. The van der Waals surface area contributed by atoms with E-state index in [2.05, 4.69) is 10.2 Å². The number of nitrogens with zero attached hydrogens (tertiary/aromatic N) is 5. The molecule has 0 bridgehead atoms. The summed E-state index contributed by atoms with van der Waals surface area (Å²) in [7, 11) is 0. The van der Waals surface area contributed by atoms with Gasteiger partial charge in [-0.05, 0) is 73.1 Å². The number of morpholine rings is 1. The molecule has 3 fully saturated rings. The summed E-state index contributed by atoms with van der Waals surface area (Å²) in [6.45, 7) is 4.58. The number of urea groups is 1. The smallest absolute Gasteiger partial charge is 0.378 e. The molecule has 0 spiro atoms. The Morgan fingerprint density at radius 1 is 1.10 bits per heavy atom. The summed E-state index contributed by atoms with van der Waals surface area (Å²) in [6.07, 6.45) is -2.80. The first-order chi connectivity index (χ1) is 18.6. The Kier molecular flexibility index (Phi) is 6.60. The number of rotatable bonds is 5. The Bertz CT molecular complexity index is 1400. The standard InChI is InChI=1S/C27H30F4N6O2/c1-16-10-21(28)22(32-26(38)36-5-4-17(15-36)14-27(29,30)31)13-20(16)19-11-23-33-25(18-2-3-18)34-37(23)24(12-19)35-6-8-39-9-7-35/h10-13,17-18H,2-9,14-15H2,1H3,(H,32,38)/t17-/m0/s1. The number of halogens is 4. The van der Waals surface area contributed by atoms with Crippen LogP contribution in [0, 0.1) is 18.7 Å². The highest BCUT2D eigenvalue weighted by Gasteiger charge is 2.36. The van der Waals surface area contributed by atoms with E-state index in [1.54, 1.807) is 13.0 Å². The Labute approximate surface area is 222 Å². The number of carbonyl (C=O) groups is 1. The molecule has 3 aliphatic rings. The maximum Gasteiger partial charge on any atom is 0.389 e. The van der Waals surface area contributed by atoms with Crippen molar-refractivity contribution in [2.75, 3.05) is 49.6 Å². The van der Waals surface area contributed by atoms with Gasteiger partial charge < -0.3 is 19.9 Å². The summed E-state index contributed by atoms with van der Waals surface area (Å²) in [6, 6.07) is 6.25. The average Bonchev–Trinajstić information content (AvgIpc) is 3.49. The molecule has 2 aromatic heterocycles. The van der Waals surface area contributed by atoms with Gasteiger partial charge in [0, 0.05) is 38.5 Å². The Morgan fingerprint density at radius 2 is 1.87 bits per heavy atom. The Hall–Kier alpha value is -3.41. The van der Waals surface area contributed by atoms with Gasteiger partial charge in [-0.1, -0.05) is 0 Å². The molecular formula is C27H30F4N6O2. The van der Waals surface area contributed by atoms with Crippen LogP contribution in [0.5, 0.6) is 0 Å². The number of fused-ring (bicyclic) bond motifs is 1. The van der Waals surface area contributed by atoms with Gasteiger partial charge >= 0.3 is 12.2 Å². The van der Waals surface area contributed by atoms with Crippen molar-refractivity contribution in [3.63, 3.8) is 0 Å². The molecule has 1 aliphatic carbocycles. The van der Waals surface area contributed by atoms with Gasteiger partial charge in [0.15, 0.2) is 11.5 Å². The first kappa shape index (κ1) is 25.8. The third-order valence-electron chi connectivity index (χ3n) is 7.67. The van der Waals surface area contributed by atoms with Crippen LogP contribution in [0.3, 0.4) is 0 Å². The number of alkyl halides is 3. The van der Waals surface area contributed by atoms with Crippen molar-refractivity contribution >= 4 is 23.2 Å². The topological polar surface area (TPSA) is 75.0 Å². The number of benzene rings is 1. The second-order valence-corrected chi connectivity index (χ2v) is 10.7. The van der Waals surface area contributed by atoms with Crippen molar-refractivity contribution in [1.82, 2.24) is 19.5 Å².